The fourth-order valence-electron chi connectivity index (χ4n) is 3.20. The van der Waals surface area contributed by atoms with Gasteiger partial charge in [-0.15, -0.1) is 0 Å². The highest BCUT2D eigenvalue weighted by molar-refractivity contribution is 5.94. The number of carbonyl (C=O) groups is 1. The van der Waals surface area contributed by atoms with Crippen LogP contribution < -0.4 is 10.1 Å². The molecule has 0 radical (unpaired) electrons. The van der Waals surface area contributed by atoms with E-state index in [1.54, 1.807) is 12.1 Å². The first kappa shape index (κ1) is 17.5. The minimum Gasteiger partial charge on any atom is -0.473 e. The summed E-state index contributed by atoms with van der Waals surface area (Å²) in [5.74, 6) is 1.63. The predicted molar refractivity (Wildman–Crippen MR) is 93.6 cm³/mol. The van der Waals surface area contributed by atoms with Crippen molar-refractivity contribution in [2.24, 2.45) is 0 Å². The predicted octanol–water partition coefficient (Wildman–Crippen LogP) is 3.75. The Hall–Kier alpha value is -2.37. The Labute approximate surface area is 148 Å². The summed E-state index contributed by atoms with van der Waals surface area (Å²) in [6.45, 7) is 6.14. The smallest absolute Gasteiger partial charge is 0.253 e. The van der Waals surface area contributed by atoms with E-state index >= 15 is 0 Å². The second-order valence-electron chi connectivity index (χ2n) is 6.89. The van der Waals surface area contributed by atoms with E-state index in [9.17, 15) is 4.79 Å². The molecule has 1 fully saturated rings. The zero-order valence-corrected chi connectivity index (χ0v) is 15.0. The van der Waals surface area contributed by atoms with Crippen LogP contribution in [0, 0.1) is 6.92 Å². The van der Waals surface area contributed by atoms with Gasteiger partial charge in [-0.3, -0.25) is 4.79 Å². The molecule has 0 saturated heterocycles. The van der Waals surface area contributed by atoms with E-state index in [4.69, 9.17) is 9.26 Å². The van der Waals surface area contributed by atoms with E-state index < -0.39 is 0 Å². The third-order valence-corrected chi connectivity index (χ3v) is 4.54. The van der Waals surface area contributed by atoms with E-state index in [0.29, 0.717) is 24.0 Å². The molecular weight excluding hydrogens is 318 g/mol. The summed E-state index contributed by atoms with van der Waals surface area (Å²) < 4.78 is 11.2. The summed E-state index contributed by atoms with van der Waals surface area (Å²) in [6, 6.07) is 3.53. The molecule has 0 aromatic carbocycles. The molecular formula is C19H25N3O3. The number of aryl methyl sites for hydroxylation is 1. The first-order valence-electron chi connectivity index (χ1n) is 8.89. The van der Waals surface area contributed by atoms with Crippen LogP contribution in [0.15, 0.2) is 22.9 Å². The van der Waals surface area contributed by atoms with Gasteiger partial charge in [-0.25, -0.2) is 4.98 Å². The van der Waals surface area contributed by atoms with Crippen LogP contribution in [-0.2, 0) is 6.61 Å². The van der Waals surface area contributed by atoms with E-state index in [0.717, 1.165) is 29.9 Å². The molecule has 1 aliphatic rings. The average Bonchev–Trinajstić information content (AvgIpc) is 3.22. The lowest BCUT2D eigenvalue weighted by Crippen LogP contribution is -2.30. The van der Waals surface area contributed by atoms with Crippen molar-refractivity contribution < 1.29 is 14.1 Å². The van der Waals surface area contributed by atoms with E-state index in [-0.39, 0.29) is 11.9 Å². The SMILES string of the molecule is Cc1onc(C2CCCC2)c1COc1ccc(C(=O)NC(C)C)cn1. The van der Waals surface area contributed by atoms with Gasteiger partial charge in [0.05, 0.1) is 16.8 Å². The zero-order valence-electron chi connectivity index (χ0n) is 15.0. The molecule has 0 aliphatic heterocycles. The van der Waals surface area contributed by atoms with Gasteiger partial charge >= 0.3 is 0 Å². The maximum Gasteiger partial charge on any atom is 0.253 e. The number of hydrogen-bond donors (Lipinski definition) is 1. The van der Waals surface area contributed by atoms with Gasteiger partial charge in [-0.2, -0.15) is 0 Å². The summed E-state index contributed by atoms with van der Waals surface area (Å²) in [4.78, 5) is 16.2. The molecule has 1 N–H and O–H groups in total. The van der Waals surface area contributed by atoms with Crippen molar-refractivity contribution >= 4 is 5.91 Å². The Morgan fingerprint density at radius 2 is 2.12 bits per heavy atom. The minimum absolute atomic E-state index is 0.0917. The fraction of sp³-hybridized carbons (Fsp3) is 0.526. The lowest BCUT2D eigenvalue weighted by molar-refractivity contribution is 0.0942. The van der Waals surface area contributed by atoms with Crippen LogP contribution in [0.2, 0.25) is 0 Å². The van der Waals surface area contributed by atoms with Crippen molar-refractivity contribution in [3.63, 3.8) is 0 Å². The highest BCUT2D eigenvalue weighted by Gasteiger charge is 2.25. The van der Waals surface area contributed by atoms with Gasteiger partial charge in [-0.05, 0) is 39.7 Å². The molecule has 2 aromatic heterocycles. The second-order valence-corrected chi connectivity index (χ2v) is 6.89. The molecule has 0 unspecified atom stereocenters. The second kappa shape index (κ2) is 7.68. The number of ether oxygens (including phenoxy) is 1. The maximum atomic E-state index is 11.9. The van der Waals surface area contributed by atoms with Crippen LogP contribution in [0.1, 0.15) is 72.8 Å². The van der Waals surface area contributed by atoms with Crippen molar-refractivity contribution in [3.8, 4) is 5.88 Å². The molecule has 134 valence electrons. The number of nitrogens with one attached hydrogen (secondary N) is 1. The Kier molecular flexibility index (Phi) is 5.36. The Morgan fingerprint density at radius 3 is 2.76 bits per heavy atom. The zero-order chi connectivity index (χ0) is 17.8. The number of hydrogen-bond acceptors (Lipinski definition) is 5. The topological polar surface area (TPSA) is 77.2 Å². The molecule has 2 aromatic rings. The monoisotopic (exact) mass is 343 g/mol. The number of carbonyl (C=O) groups excluding carboxylic acids is 1. The van der Waals surface area contributed by atoms with Gasteiger partial charge in [0.25, 0.3) is 5.91 Å². The van der Waals surface area contributed by atoms with Gasteiger partial charge in [0, 0.05) is 24.2 Å². The minimum atomic E-state index is -0.132. The largest absolute Gasteiger partial charge is 0.473 e. The highest BCUT2D eigenvalue weighted by atomic mass is 16.5. The van der Waals surface area contributed by atoms with Crippen LogP contribution in [0.3, 0.4) is 0 Å². The first-order valence-corrected chi connectivity index (χ1v) is 8.89. The molecule has 3 rings (SSSR count). The highest BCUT2D eigenvalue weighted by Crippen LogP contribution is 2.36. The molecule has 0 spiro atoms. The Bertz CT molecular complexity index is 716. The molecule has 0 bridgehead atoms. The third-order valence-electron chi connectivity index (χ3n) is 4.54. The van der Waals surface area contributed by atoms with Gasteiger partial charge in [0.2, 0.25) is 5.88 Å². The van der Waals surface area contributed by atoms with Crippen LogP contribution >= 0.6 is 0 Å². The summed E-state index contributed by atoms with van der Waals surface area (Å²) in [7, 11) is 0. The Morgan fingerprint density at radius 1 is 1.36 bits per heavy atom. The lowest BCUT2D eigenvalue weighted by atomic mass is 9.99. The van der Waals surface area contributed by atoms with Crippen LogP contribution in [0.5, 0.6) is 5.88 Å². The standard InChI is InChI=1S/C19H25N3O3/c1-12(2)21-19(23)15-8-9-17(20-10-15)24-11-16-13(3)25-22-18(16)14-6-4-5-7-14/h8-10,12,14H,4-7,11H2,1-3H3,(H,21,23). The average molecular weight is 343 g/mol. The van der Waals surface area contributed by atoms with Gasteiger partial charge in [0.15, 0.2) is 0 Å². The summed E-state index contributed by atoms with van der Waals surface area (Å²) in [5, 5.41) is 7.09. The van der Waals surface area contributed by atoms with Crippen LogP contribution in [0.25, 0.3) is 0 Å². The van der Waals surface area contributed by atoms with Crippen molar-refractivity contribution in [3.05, 3.63) is 40.9 Å². The Balaban J connectivity index is 1.64. The number of nitrogens with zero attached hydrogens (tertiary/aromatic N) is 2. The van der Waals surface area contributed by atoms with Gasteiger partial charge in [-0.1, -0.05) is 18.0 Å². The molecule has 25 heavy (non-hydrogen) atoms. The molecule has 0 atom stereocenters. The van der Waals surface area contributed by atoms with Crippen molar-refractivity contribution in [2.45, 2.75) is 65.0 Å². The van der Waals surface area contributed by atoms with Gasteiger partial charge in [0.1, 0.15) is 12.4 Å². The molecule has 1 aliphatic carbocycles. The molecule has 1 saturated carbocycles. The number of pyridine rings is 1. The lowest BCUT2D eigenvalue weighted by Gasteiger charge is -2.10. The van der Waals surface area contributed by atoms with E-state index in [1.165, 1.54) is 19.0 Å². The van der Waals surface area contributed by atoms with E-state index in [1.807, 2.05) is 20.8 Å². The van der Waals surface area contributed by atoms with Crippen molar-refractivity contribution in [2.75, 3.05) is 0 Å². The normalized spacial score (nSPS) is 14.9. The number of aromatic nitrogens is 2. The molecule has 2 heterocycles. The molecule has 6 nitrogen and oxygen atoms in total. The summed E-state index contributed by atoms with van der Waals surface area (Å²) in [5.41, 5.74) is 2.58. The van der Waals surface area contributed by atoms with Crippen molar-refractivity contribution in [1.29, 1.82) is 0 Å². The van der Waals surface area contributed by atoms with Crippen LogP contribution in [0.4, 0.5) is 0 Å². The molecule has 1 amide bonds. The first-order chi connectivity index (χ1) is 12.0. The van der Waals surface area contributed by atoms with Gasteiger partial charge < -0.3 is 14.6 Å². The summed E-state index contributed by atoms with van der Waals surface area (Å²) >= 11 is 0. The number of amides is 1. The van der Waals surface area contributed by atoms with Crippen molar-refractivity contribution in [1.82, 2.24) is 15.5 Å². The summed E-state index contributed by atoms with van der Waals surface area (Å²) in [6.07, 6.45) is 6.36. The fourth-order valence-corrected chi connectivity index (χ4v) is 3.20. The van der Waals surface area contributed by atoms with E-state index in [2.05, 4.69) is 15.5 Å². The van der Waals surface area contributed by atoms with Crippen LogP contribution in [-0.4, -0.2) is 22.1 Å². The third kappa shape index (κ3) is 4.18. The quantitative estimate of drug-likeness (QED) is 0.864. The number of rotatable bonds is 6. The maximum absolute atomic E-state index is 11.9. The molecule has 6 heteroatoms.